The molecule has 1 unspecified atom stereocenters. The van der Waals surface area contributed by atoms with Crippen LogP contribution in [0.2, 0.25) is 0 Å². The van der Waals surface area contributed by atoms with Crippen molar-refractivity contribution < 1.29 is 19.1 Å². The van der Waals surface area contributed by atoms with Gasteiger partial charge in [0.15, 0.2) is 11.4 Å². The molecule has 3 aromatic carbocycles. The largest absolute Gasteiger partial charge is 0.456 e. The summed E-state index contributed by atoms with van der Waals surface area (Å²) in [7, 11) is 5.75. The minimum atomic E-state index is -1.18. The minimum Gasteiger partial charge on any atom is -0.456 e. The van der Waals surface area contributed by atoms with Gasteiger partial charge in [-0.05, 0) is 43.3 Å². The van der Waals surface area contributed by atoms with Crippen LogP contribution in [0.5, 0.6) is 11.5 Å². The number of fused-ring (bicyclic) bond motifs is 6. The van der Waals surface area contributed by atoms with E-state index in [1.165, 1.54) is 6.92 Å². The number of ether oxygens (including phenoxy) is 2. The number of nitrogens with one attached hydrogen (secondary N) is 1. The molecule has 0 aliphatic carbocycles. The van der Waals surface area contributed by atoms with Crippen molar-refractivity contribution in [1.82, 2.24) is 0 Å². The van der Waals surface area contributed by atoms with E-state index in [2.05, 4.69) is 5.32 Å². The van der Waals surface area contributed by atoms with Crippen LogP contribution in [0.4, 0.5) is 11.4 Å². The van der Waals surface area contributed by atoms with Gasteiger partial charge in [-0.25, -0.2) is 4.79 Å². The molecule has 2 aliphatic rings. The van der Waals surface area contributed by atoms with Gasteiger partial charge in [0.2, 0.25) is 0 Å². The monoisotopic (exact) mass is 444 g/mol. The Balaban J connectivity index is 0.00000126. The summed E-state index contributed by atoms with van der Waals surface area (Å²) in [5, 5.41) is 3.12. The van der Waals surface area contributed by atoms with Crippen LogP contribution >= 0.6 is 0 Å². The molecule has 3 aromatic rings. The molecule has 1 spiro atoms. The molecular formula is C27H28N2O4. The second kappa shape index (κ2) is 8.28. The fraction of sp³-hybridized carbons (Fsp3) is 0.259. The molecule has 6 heteroatoms. The summed E-state index contributed by atoms with van der Waals surface area (Å²) < 4.78 is 12.5. The van der Waals surface area contributed by atoms with Crippen molar-refractivity contribution in [2.45, 2.75) is 26.4 Å². The van der Waals surface area contributed by atoms with Crippen LogP contribution in [0.1, 0.15) is 58.2 Å². The third kappa shape index (κ3) is 3.33. The molecule has 0 bridgehead atoms. The van der Waals surface area contributed by atoms with Gasteiger partial charge in [-0.3, -0.25) is 4.79 Å². The number of nitrogens with zero attached hydrogens (tertiary/aromatic N) is 1. The Kier molecular flexibility index (Phi) is 5.62. The minimum absolute atomic E-state index is 0.0710. The molecule has 2 heterocycles. The Bertz CT molecular complexity index is 1260. The number of esters is 1. The number of ketones is 1. The van der Waals surface area contributed by atoms with E-state index in [0.29, 0.717) is 28.2 Å². The van der Waals surface area contributed by atoms with Crippen LogP contribution in [0.25, 0.3) is 0 Å². The van der Waals surface area contributed by atoms with Gasteiger partial charge in [0.1, 0.15) is 11.5 Å². The van der Waals surface area contributed by atoms with Crippen molar-refractivity contribution >= 4 is 23.1 Å². The smallest absolute Gasteiger partial charge is 0.340 e. The van der Waals surface area contributed by atoms with Gasteiger partial charge in [0.05, 0.1) is 5.56 Å². The first-order valence-electron chi connectivity index (χ1n) is 11.1. The lowest BCUT2D eigenvalue weighted by Crippen LogP contribution is -2.33. The van der Waals surface area contributed by atoms with E-state index in [1.807, 2.05) is 76.3 Å². The second-order valence-corrected chi connectivity index (χ2v) is 8.03. The number of benzene rings is 3. The first-order valence-corrected chi connectivity index (χ1v) is 11.1. The van der Waals surface area contributed by atoms with Crippen molar-refractivity contribution in [2.75, 3.05) is 31.4 Å². The number of hydrogen-bond donors (Lipinski definition) is 1. The van der Waals surface area contributed by atoms with E-state index in [-0.39, 0.29) is 5.78 Å². The van der Waals surface area contributed by atoms with Crippen LogP contribution < -0.4 is 15.0 Å². The van der Waals surface area contributed by atoms with Gasteiger partial charge in [-0.1, -0.05) is 19.9 Å². The molecule has 0 saturated heterocycles. The molecule has 1 N–H and O–H groups in total. The molecule has 1 atom stereocenters. The van der Waals surface area contributed by atoms with Crippen molar-refractivity contribution in [3.8, 4) is 11.5 Å². The van der Waals surface area contributed by atoms with Crippen molar-refractivity contribution in [1.29, 1.82) is 0 Å². The predicted molar refractivity (Wildman–Crippen MR) is 130 cm³/mol. The Morgan fingerprint density at radius 1 is 0.909 bits per heavy atom. The lowest BCUT2D eigenvalue weighted by molar-refractivity contribution is 0.0224. The number of carbonyl (C=O) groups excluding carboxylic acids is 2. The van der Waals surface area contributed by atoms with E-state index >= 15 is 0 Å². The van der Waals surface area contributed by atoms with E-state index in [0.717, 1.165) is 22.5 Å². The fourth-order valence-corrected chi connectivity index (χ4v) is 4.36. The second-order valence-electron chi connectivity index (χ2n) is 8.03. The lowest BCUT2D eigenvalue weighted by Gasteiger charge is -2.37. The fourth-order valence-electron chi connectivity index (χ4n) is 4.36. The van der Waals surface area contributed by atoms with Crippen LogP contribution in [0, 0.1) is 0 Å². The van der Waals surface area contributed by atoms with E-state index < -0.39 is 11.6 Å². The SMILES string of the molecule is CC.CNc1ccc2c(c1)Oc1cc(N(C)C)ccc1C21OC(=O)c2ccc(C(C)=O)cc21. The molecule has 33 heavy (non-hydrogen) atoms. The average Bonchev–Trinajstić information content (AvgIpc) is 3.12. The number of hydrogen-bond acceptors (Lipinski definition) is 6. The highest BCUT2D eigenvalue weighted by molar-refractivity contribution is 6.00. The maximum absolute atomic E-state index is 13.0. The molecule has 0 fully saturated rings. The van der Waals surface area contributed by atoms with Gasteiger partial charge in [-0.15, -0.1) is 0 Å². The number of Topliss-reactive ketones (excluding diaryl/α,β-unsaturated/α-hetero) is 1. The Morgan fingerprint density at radius 2 is 1.58 bits per heavy atom. The summed E-state index contributed by atoms with van der Waals surface area (Å²) in [6, 6.07) is 16.7. The zero-order chi connectivity index (χ0) is 23.9. The summed E-state index contributed by atoms with van der Waals surface area (Å²) in [5.74, 6) is 0.724. The first kappa shape index (κ1) is 22.4. The maximum atomic E-state index is 13.0. The van der Waals surface area contributed by atoms with Crippen LogP contribution in [0.3, 0.4) is 0 Å². The molecule has 0 saturated carbocycles. The molecule has 0 radical (unpaired) electrons. The summed E-state index contributed by atoms with van der Waals surface area (Å²) in [4.78, 5) is 27.1. The van der Waals surface area contributed by atoms with E-state index in [9.17, 15) is 9.59 Å². The summed E-state index contributed by atoms with van der Waals surface area (Å²) >= 11 is 0. The molecule has 5 rings (SSSR count). The lowest BCUT2D eigenvalue weighted by atomic mass is 9.77. The molecule has 6 nitrogen and oxygen atoms in total. The highest BCUT2D eigenvalue weighted by atomic mass is 16.6. The Morgan fingerprint density at radius 3 is 2.21 bits per heavy atom. The van der Waals surface area contributed by atoms with Crippen LogP contribution in [0.15, 0.2) is 54.6 Å². The summed E-state index contributed by atoms with van der Waals surface area (Å²) in [5.41, 5.74) is 3.76. The molecular weight excluding hydrogens is 416 g/mol. The standard InChI is InChI=1S/C25H22N2O4.C2H6/c1-14(28)15-5-8-18-21(11-15)25(31-24(18)29)19-9-6-16(26-2)12-22(19)30-23-13-17(27(3)4)7-10-20(23)25;1-2/h5-13,26H,1-4H3;1-2H3. The normalized spacial score (nSPS) is 17.0. The molecule has 0 aromatic heterocycles. The van der Waals surface area contributed by atoms with Crippen molar-refractivity contribution in [2.24, 2.45) is 0 Å². The van der Waals surface area contributed by atoms with Gasteiger partial charge >= 0.3 is 5.97 Å². The van der Waals surface area contributed by atoms with Crippen LogP contribution in [-0.4, -0.2) is 32.9 Å². The van der Waals surface area contributed by atoms with Crippen molar-refractivity contribution in [3.05, 3.63) is 82.4 Å². The number of rotatable bonds is 3. The summed E-state index contributed by atoms with van der Waals surface area (Å²) in [6.45, 7) is 5.51. The highest BCUT2D eigenvalue weighted by Crippen LogP contribution is 2.57. The third-order valence-corrected chi connectivity index (χ3v) is 6.00. The van der Waals surface area contributed by atoms with Gasteiger partial charge in [-0.2, -0.15) is 0 Å². The Labute approximate surface area is 194 Å². The molecule has 2 aliphatic heterocycles. The third-order valence-electron chi connectivity index (χ3n) is 6.00. The molecule has 170 valence electrons. The van der Waals surface area contributed by atoms with Gasteiger partial charge < -0.3 is 19.7 Å². The molecule has 0 amide bonds. The first-order chi connectivity index (χ1) is 15.8. The topological polar surface area (TPSA) is 67.9 Å². The highest BCUT2D eigenvalue weighted by Gasteiger charge is 2.53. The average molecular weight is 445 g/mol. The zero-order valence-corrected chi connectivity index (χ0v) is 19.8. The summed E-state index contributed by atoms with van der Waals surface area (Å²) in [6.07, 6.45) is 0. The van der Waals surface area contributed by atoms with E-state index in [4.69, 9.17) is 9.47 Å². The van der Waals surface area contributed by atoms with Crippen LogP contribution in [-0.2, 0) is 10.3 Å². The van der Waals surface area contributed by atoms with Gasteiger partial charge in [0.25, 0.3) is 0 Å². The van der Waals surface area contributed by atoms with Gasteiger partial charge in [0, 0.05) is 66.9 Å². The maximum Gasteiger partial charge on any atom is 0.340 e. The number of carbonyl (C=O) groups is 2. The predicted octanol–water partition coefficient (Wildman–Crippen LogP) is 5.59. The van der Waals surface area contributed by atoms with Crippen molar-refractivity contribution in [3.63, 3.8) is 0 Å². The van der Waals surface area contributed by atoms with E-state index in [1.54, 1.807) is 18.2 Å². The zero-order valence-electron chi connectivity index (χ0n) is 19.8. The quantitative estimate of drug-likeness (QED) is 0.419. The Hall–Kier alpha value is -3.80. The number of anilines is 2.